The fraction of sp³-hybridized carbons (Fsp3) is 1.00. The predicted octanol–water partition coefficient (Wildman–Crippen LogP) is 3.90. The smallest absolute Gasteiger partial charge is 0.0176 e. The molecular formula is C9H22P2. The molecule has 0 N–H and O–H groups in total. The van der Waals surface area contributed by atoms with Crippen LogP contribution < -0.4 is 0 Å². The van der Waals surface area contributed by atoms with Crippen molar-refractivity contribution < 1.29 is 0 Å². The fourth-order valence-corrected chi connectivity index (χ4v) is 4.27. The molecule has 0 aliphatic rings. The zero-order valence-corrected chi connectivity index (χ0v) is 10.0. The second-order valence-electron chi connectivity index (χ2n) is 3.01. The molecular weight excluding hydrogens is 170 g/mol. The first-order valence-corrected chi connectivity index (χ1v) is 7.49. The van der Waals surface area contributed by atoms with Crippen LogP contribution in [0.15, 0.2) is 0 Å². The molecule has 0 bridgehead atoms. The summed E-state index contributed by atoms with van der Waals surface area (Å²) in [5.74, 6) is 1.37. The lowest BCUT2D eigenvalue weighted by Gasteiger charge is -2.13. The molecule has 0 aliphatic carbocycles. The first-order valence-electron chi connectivity index (χ1n) is 4.77. The van der Waals surface area contributed by atoms with Crippen molar-refractivity contribution in [2.75, 3.05) is 18.2 Å². The Labute approximate surface area is 75.5 Å². The van der Waals surface area contributed by atoms with Gasteiger partial charge in [0.15, 0.2) is 0 Å². The maximum Gasteiger partial charge on any atom is -0.0176 e. The van der Waals surface area contributed by atoms with Gasteiger partial charge in [0, 0.05) is 0 Å². The minimum atomic E-state index is 0.393. The van der Waals surface area contributed by atoms with E-state index in [0.29, 0.717) is 7.92 Å². The van der Waals surface area contributed by atoms with Crippen molar-refractivity contribution in [3.63, 3.8) is 0 Å². The summed E-state index contributed by atoms with van der Waals surface area (Å²) >= 11 is 0. The van der Waals surface area contributed by atoms with E-state index in [2.05, 4.69) is 23.1 Å². The maximum atomic E-state index is 2.91. The van der Waals surface area contributed by atoms with E-state index in [1.807, 2.05) is 0 Å². The highest BCUT2D eigenvalue weighted by Crippen LogP contribution is 2.39. The molecule has 1 unspecified atom stereocenters. The summed E-state index contributed by atoms with van der Waals surface area (Å²) in [6, 6.07) is 0. The van der Waals surface area contributed by atoms with Crippen LogP contribution in [0.1, 0.15) is 39.5 Å². The van der Waals surface area contributed by atoms with Gasteiger partial charge in [-0.1, -0.05) is 26.7 Å². The topological polar surface area (TPSA) is 0 Å². The monoisotopic (exact) mass is 192 g/mol. The highest BCUT2D eigenvalue weighted by atomic mass is 31.2. The Balaban J connectivity index is 3.25. The minimum Gasteiger partial charge on any atom is -0.133 e. The number of rotatable bonds is 7. The van der Waals surface area contributed by atoms with Crippen LogP contribution in [0.3, 0.4) is 0 Å². The van der Waals surface area contributed by atoms with E-state index in [4.69, 9.17) is 0 Å². The third-order valence-corrected chi connectivity index (χ3v) is 5.88. The van der Waals surface area contributed by atoms with Gasteiger partial charge in [0.1, 0.15) is 0 Å². The van der Waals surface area contributed by atoms with Gasteiger partial charge in [-0.05, 0) is 31.1 Å². The maximum absolute atomic E-state index is 2.91. The zero-order valence-electron chi connectivity index (χ0n) is 7.97. The van der Waals surface area contributed by atoms with E-state index in [1.165, 1.54) is 43.9 Å². The molecule has 2 heteroatoms. The fourth-order valence-electron chi connectivity index (χ4n) is 1.06. The molecule has 0 saturated heterocycles. The number of unbranched alkanes of at least 4 members (excludes halogenated alkanes) is 2. The number of hydrogen-bond donors (Lipinski definition) is 0. The Morgan fingerprint density at radius 2 is 1.45 bits per heavy atom. The molecule has 0 heterocycles. The van der Waals surface area contributed by atoms with Crippen LogP contribution >= 0.6 is 17.2 Å². The standard InChI is InChI=1S/C9H22P2/c1-3-5-7-11(9-10)8-6-4-2/h3-10H2,1-2H3. The van der Waals surface area contributed by atoms with Crippen LogP contribution in [-0.2, 0) is 0 Å². The summed E-state index contributed by atoms with van der Waals surface area (Å²) in [5.41, 5.74) is 0. The van der Waals surface area contributed by atoms with E-state index in [9.17, 15) is 0 Å². The van der Waals surface area contributed by atoms with Gasteiger partial charge in [0.2, 0.25) is 0 Å². The van der Waals surface area contributed by atoms with Crippen LogP contribution in [0.25, 0.3) is 0 Å². The Morgan fingerprint density at radius 3 is 1.73 bits per heavy atom. The largest absolute Gasteiger partial charge is 0.133 e. The van der Waals surface area contributed by atoms with E-state index in [0.717, 1.165) is 0 Å². The van der Waals surface area contributed by atoms with Crippen LogP contribution in [0.4, 0.5) is 0 Å². The molecule has 0 fully saturated rings. The number of hydrogen-bond acceptors (Lipinski definition) is 0. The van der Waals surface area contributed by atoms with E-state index in [-0.39, 0.29) is 0 Å². The van der Waals surface area contributed by atoms with Gasteiger partial charge >= 0.3 is 0 Å². The quantitative estimate of drug-likeness (QED) is 0.536. The van der Waals surface area contributed by atoms with Crippen LogP contribution in [0.5, 0.6) is 0 Å². The van der Waals surface area contributed by atoms with Crippen molar-refractivity contribution >= 4 is 17.2 Å². The SMILES string of the molecule is CCCCP(CP)CCCC. The Morgan fingerprint density at radius 1 is 1.00 bits per heavy atom. The summed E-state index contributed by atoms with van der Waals surface area (Å²) in [6.45, 7) is 4.58. The summed E-state index contributed by atoms with van der Waals surface area (Å²) < 4.78 is 0. The van der Waals surface area contributed by atoms with E-state index >= 15 is 0 Å². The summed E-state index contributed by atoms with van der Waals surface area (Å²) in [4.78, 5) is 0. The molecule has 0 aromatic carbocycles. The zero-order chi connectivity index (χ0) is 8.53. The molecule has 0 nitrogen and oxygen atoms in total. The van der Waals surface area contributed by atoms with Crippen molar-refractivity contribution in [1.82, 2.24) is 0 Å². The van der Waals surface area contributed by atoms with Gasteiger partial charge in [-0.25, -0.2) is 0 Å². The molecule has 0 spiro atoms. The first-order chi connectivity index (χ1) is 5.35. The normalized spacial score (nSPS) is 10.9. The van der Waals surface area contributed by atoms with Crippen molar-refractivity contribution in [1.29, 1.82) is 0 Å². The molecule has 68 valence electrons. The predicted molar refractivity (Wildman–Crippen MR) is 61.0 cm³/mol. The Hall–Kier alpha value is 0.860. The van der Waals surface area contributed by atoms with E-state index in [1.54, 1.807) is 0 Å². The van der Waals surface area contributed by atoms with Crippen LogP contribution in [0, 0.1) is 0 Å². The van der Waals surface area contributed by atoms with Crippen LogP contribution in [0.2, 0.25) is 0 Å². The van der Waals surface area contributed by atoms with Gasteiger partial charge in [0.25, 0.3) is 0 Å². The highest BCUT2D eigenvalue weighted by molar-refractivity contribution is 7.64. The lowest BCUT2D eigenvalue weighted by molar-refractivity contribution is 0.869. The first kappa shape index (κ1) is 11.9. The van der Waals surface area contributed by atoms with E-state index < -0.39 is 0 Å². The van der Waals surface area contributed by atoms with Gasteiger partial charge in [-0.3, -0.25) is 0 Å². The van der Waals surface area contributed by atoms with Crippen molar-refractivity contribution in [3.05, 3.63) is 0 Å². The van der Waals surface area contributed by atoms with Gasteiger partial charge in [-0.2, -0.15) is 0 Å². The Kier molecular flexibility index (Phi) is 9.65. The summed E-state index contributed by atoms with van der Waals surface area (Å²) in [7, 11) is 3.31. The molecule has 0 amide bonds. The average molecular weight is 192 g/mol. The van der Waals surface area contributed by atoms with Gasteiger partial charge < -0.3 is 0 Å². The average Bonchev–Trinajstić information content (AvgIpc) is 2.05. The molecule has 0 radical (unpaired) electrons. The van der Waals surface area contributed by atoms with Crippen LogP contribution in [-0.4, -0.2) is 18.2 Å². The molecule has 0 aromatic heterocycles. The van der Waals surface area contributed by atoms with Gasteiger partial charge in [0.05, 0.1) is 0 Å². The minimum absolute atomic E-state index is 0.393. The lowest BCUT2D eigenvalue weighted by Crippen LogP contribution is -1.90. The highest BCUT2D eigenvalue weighted by Gasteiger charge is 2.02. The third kappa shape index (κ3) is 7.23. The third-order valence-electron chi connectivity index (χ3n) is 1.91. The van der Waals surface area contributed by atoms with Crippen molar-refractivity contribution in [2.24, 2.45) is 0 Å². The van der Waals surface area contributed by atoms with Gasteiger partial charge in [-0.15, -0.1) is 17.2 Å². The second kappa shape index (κ2) is 8.95. The molecule has 0 aromatic rings. The molecule has 0 rings (SSSR count). The molecule has 0 saturated carbocycles. The lowest BCUT2D eigenvalue weighted by atomic mass is 10.4. The van der Waals surface area contributed by atoms with Crippen molar-refractivity contribution in [3.8, 4) is 0 Å². The molecule has 0 aliphatic heterocycles. The summed E-state index contributed by atoms with van der Waals surface area (Å²) in [5, 5.41) is 0. The second-order valence-corrected chi connectivity index (χ2v) is 6.70. The molecule has 11 heavy (non-hydrogen) atoms. The van der Waals surface area contributed by atoms with Crippen molar-refractivity contribution in [2.45, 2.75) is 39.5 Å². The Bertz CT molecular complexity index is 66.0. The summed E-state index contributed by atoms with van der Waals surface area (Å²) in [6.07, 6.45) is 8.66. The molecule has 1 atom stereocenters.